The topological polar surface area (TPSA) is 26.3 Å². The zero-order valence-corrected chi connectivity index (χ0v) is 17.6. The molecule has 0 saturated heterocycles. The van der Waals surface area contributed by atoms with Gasteiger partial charge in [-0.1, -0.05) is 36.4 Å². The number of carbonyl (C=O) groups excluding carboxylic acids is 1. The summed E-state index contributed by atoms with van der Waals surface area (Å²) in [6.45, 7) is 0. The summed E-state index contributed by atoms with van der Waals surface area (Å²) in [7, 11) is -1.52. The molecule has 0 aromatic heterocycles. The minimum absolute atomic E-state index is 0.175. The first-order chi connectivity index (χ1) is 15.0. The molecule has 0 unspecified atom stereocenters. The molecule has 0 amide bonds. The predicted molar refractivity (Wildman–Crippen MR) is 119 cm³/mol. The van der Waals surface area contributed by atoms with Crippen LogP contribution in [0.5, 0.6) is 5.75 Å². The van der Waals surface area contributed by atoms with Crippen molar-refractivity contribution in [2.45, 2.75) is 14.7 Å². The van der Waals surface area contributed by atoms with Crippen LogP contribution >= 0.6 is 10.0 Å². The van der Waals surface area contributed by atoms with Crippen LogP contribution in [-0.4, -0.2) is 12.2 Å². The Morgan fingerprint density at radius 1 is 0.677 bits per heavy atom. The number of rotatable bonds is 5. The number of esters is 1. The van der Waals surface area contributed by atoms with Crippen LogP contribution in [0.4, 0.5) is 8.78 Å². The highest BCUT2D eigenvalue weighted by molar-refractivity contribution is 8.33. The van der Waals surface area contributed by atoms with E-state index in [1.165, 1.54) is 9.79 Å². The molecule has 0 N–H and O–H groups in total. The van der Waals surface area contributed by atoms with Gasteiger partial charge >= 0.3 is 5.97 Å². The maximum atomic E-state index is 13.4. The number of halogens is 2. The zero-order chi connectivity index (χ0) is 21.8. The van der Waals surface area contributed by atoms with Crippen molar-refractivity contribution in [1.82, 2.24) is 0 Å². The first-order valence-corrected chi connectivity index (χ1v) is 11.7. The maximum Gasteiger partial charge on any atom is 0.343 e. The molecule has 0 heterocycles. The molecule has 0 aliphatic carbocycles. The van der Waals surface area contributed by atoms with Gasteiger partial charge in [0.15, 0.2) is 0 Å². The lowest BCUT2D eigenvalue weighted by atomic mass is 10.2. The molecule has 31 heavy (non-hydrogen) atoms. The van der Waals surface area contributed by atoms with Crippen molar-refractivity contribution in [3.63, 3.8) is 0 Å². The van der Waals surface area contributed by atoms with Crippen LogP contribution in [0.25, 0.3) is 0 Å². The third-order valence-corrected chi connectivity index (χ3v) is 8.68. The van der Waals surface area contributed by atoms with E-state index in [0.29, 0.717) is 11.8 Å². The van der Waals surface area contributed by atoms with Crippen molar-refractivity contribution in [3.8, 4) is 5.75 Å². The summed E-state index contributed by atoms with van der Waals surface area (Å²) in [5, 5.41) is 0. The van der Waals surface area contributed by atoms with Gasteiger partial charge in [-0.2, -0.15) is 10.0 Å². The molecule has 0 aliphatic rings. The maximum absolute atomic E-state index is 13.4. The van der Waals surface area contributed by atoms with Gasteiger partial charge in [0, 0.05) is 6.07 Å². The second-order valence-electron chi connectivity index (χ2n) is 7.06. The predicted octanol–water partition coefficient (Wildman–Crippen LogP) is 7.10. The van der Waals surface area contributed by atoms with E-state index in [-0.39, 0.29) is 5.56 Å². The van der Waals surface area contributed by atoms with Crippen LogP contribution in [0.2, 0.25) is 0 Å². The molecule has 0 bridgehead atoms. The minimum Gasteiger partial charge on any atom is -0.423 e. The molecule has 0 aliphatic heterocycles. The Hall–Kier alpha value is -3.44. The molecule has 0 saturated carbocycles. The van der Waals surface area contributed by atoms with E-state index in [4.69, 9.17) is 4.74 Å². The minimum atomic E-state index is -1.52. The summed E-state index contributed by atoms with van der Waals surface area (Å²) in [6, 6.07) is 30.5. The average Bonchev–Trinajstić information content (AvgIpc) is 2.79. The Kier molecular flexibility index (Phi) is 5.87. The molecular weight excluding hydrogens is 414 g/mol. The van der Waals surface area contributed by atoms with Crippen LogP contribution in [-0.2, 0) is 0 Å². The Labute approximate surface area is 181 Å². The van der Waals surface area contributed by atoms with Gasteiger partial charge in [-0.15, -0.1) is 0 Å². The molecule has 0 atom stereocenters. The third kappa shape index (κ3) is 4.37. The smallest absolute Gasteiger partial charge is 0.343 e. The Balaban J connectivity index is 1.66. The van der Waals surface area contributed by atoms with E-state index in [9.17, 15) is 13.6 Å². The molecule has 5 heteroatoms. The van der Waals surface area contributed by atoms with E-state index in [2.05, 4.69) is 30.5 Å². The second-order valence-corrected chi connectivity index (χ2v) is 10.3. The third-order valence-electron chi connectivity index (χ3n) is 5.03. The van der Waals surface area contributed by atoms with Crippen molar-refractivity contribution >= 4 is 16.0 Å². The SMILES string of the molecule is CS(c1ccccc1)(c1ccccc1)c1ccc(OC(=O)c2cc(F)cc(F)c2)cc1. The molecule has 0 spiro atoms. The molecule has 4 rings (SSSR count). The summed E-state index contributed by atoms with van der Waals surface area (Å²) in [4.78, 5) is 15.8. The highest BCUT2D eigenvalue weighted by Crippen LogP contribution is 2.65. The monoisotopic (exact) mass is 434 g/mol. The van der Waals surface area contributed by atoms with Crippen molar-refractivity contribution in [2.24, 2.45) is 0 Å². The molecule has 4 aromatic carbocycles. The Morgan fingerprint density at radius 2 is 1.13 bits per heavy atom. The van der Waals surface area contributed by atoms with Gasteiger partial charge in [-0.05, 0) is 81.6 Å². The van der Waals surface area contributed by atoms with Crippen LogP contribution in [0.15, 0.2) is 118 Å². The molecule has 2 nitrogen and oxygen atoms in total. The number of ether oxygens (including phenoxy) is 1. The molecule has 4 aromatic rings. The molecule has 0 fully saturated rings. The summed E-state index contributed by atoms with van der Waals surface area (Å²) in [5.74, 6) is -2.16. The number of benzene rings is 4. The number of hydrogen-bond acceptors (Lipinski definition) is 2. The van der Waals surface area contributed by atoms with Crippen LogP contribution < -0.4 is 4.74 Å². The van der Waals surface area contributed by atoms with E-state index in [0.717, 1.165) is 17.0 Å². The highest BCUT2D eigenvalue weighted by atomic mass is 32.3. The van der Waals surface area contributed by atoms with Crippen molar-refractivity contribution in [1.29, 1.82) is 0 Å². The van der Waals surface area contributed by atoms with E-state index < -0.39 is 27.6 Å². The zero-order valence-electron chi connectivity index (χ0n) is 16.8. The second kappa shape index (κ2) is 8.74. The lowest BCUT2D eigenvalue weighted by molar-refractivity contribution is 0.0733. The van der Waals surface area contributed by atoms with Gasteiger partial charge in [-0.3, -0.25) is 0 Å². The van der Waals surface area contributed by atoms with Crippen LogP contribution in [0, 0.1) is 11.6 Å². The van der Waals surface area contributed by atoms with Gasteiger partial charge in [0.05, 0.1) is 5.56 Å². The van der Waals surface area contributed by atoms with Gasteiger partial charge in [0.25, 0.3) is 0 Å². The van der Waals surface area contributed by atoms with Crippen LogP contribution in [0.3, 0.4) is 0 Å². The number of carbonyl (C=O) groups is 1. The van der Waals surface area contributed by atoms with E-state index in [1.54, 1.807) is 12.1 Å². The Bertz CT molecular complexity index is 1130. The van der Waals surface area contributed by atoms with Crippen molar-refractivity contribution < 1.29 is 18.3 Å². The standard InChI is InChI=1S/C26H20F2O2S/c1-31(23-8-4-2-5-9-23,24-10-6-3-7-11-24)25-14-12-22(13-15-25)30-26(29)19-16-20(27)18-21(28)17-19/h2-18H,1H3. The van der Waals surface area contributed by atoms with Gasteiger partial charge in [0.2, 0.25) is 0 Å². The fourth-order valence-electron chi connectivity index (χ4n) is 3.41. The first-order valence-electron chi connectivity index (χ1n) is 9.64. The largest absolute Gasteiger partial charge is 0.423 e. The fraction of sp³-hybridized carbons (Fsp3) is 0.0385. The van der Waals surface area contributed by atoms with Crippen molar-refractivity contribution in [3.05, 3.63) is 120 Å². The lowest BCUT2D eigenvalue weighted by Gasteiger charge is -2.37. The summed E-state index contributed by atoms with van der Waals surface area (Å²) >= 11 is 0. The molecule has 156 valence electrons. The molecule has 0 radical (unpaired) electrons. The van der Waals surface area contributed by atoms with Gasteiger partial charge in [-0.25, -0.2) is 13.6 Å². The average molecular weight is 435 g/mol. The van der Waals surface area contributed by atoms with E-state index in [1.807, 2.05) is 48.5 Å². The van der Waals surface area contributed by atoms with Crippen molar-refractivity contribution in [2.75, 3.05) is 6.26 Å². The summed E-state index contributed by atoms with van der Waals surface area (Å²) < 4.78 is 32.1. The highest BCUT2D eigenvalue weighted by Gasteiger charge is 2.25. The lowest BCUT2D eigenvalue weighted by Crippen LogP contribution is -2.09. The first kappa shape index (κ1) is 20.8. The van der Waals surface area contributed by atoms with Gasteiger partial charge in [0.1, 0.15) is 17.4 Å². The summed E-state index contributed by atoms with van der Waals surface area (Å²) in [5.41, 5.74) is -0.175. The van der Waals surface area contributed by atoms with E-state index >= 15 is 0 Å². The number of hydrogen-bond donors (Lipinski definition) is 0. The normalized spacial score (nSPS) is 11.7. The van der Waals surface area contributed by atoms with Crippen LogP contribution in [0.1, 0.15) is 10.4 Å². The van der Waals surface area contributed by atoms with Gasteiger partial charge < -0.3 is 4.74 Å². The quantitative estimate of drug-likeness (QED) is 0.247. The molecular formula is C26H20F2O2S. The Morgan fingerprint density at radius 3 is 1.61 bits per heavy atom. The fourth-order valence-corrected chi connectivity index (χ4v) is 6.31. The summed E-state index contributed by atoms with van der Waals surface area (Å²) in [6.07, 6.45) is 2.23.